The second-order valence-electron chi connectivity index (χ2n) is 2.94. The predicted octanol–water partition coefficient (Wildman–Crippen LogP) is 3.27. The van der Waals surface area contributed by atoms with Crippen LogP contribution in [-0.4, -0.2) is 13.2 Å². The smallest absolute Gasteiger partial charge is 0.356 e. The fourth-order valence-corrected chi connectivity index (χ4v) is 3.31. The number of hydrogen-bond acceptors (Lipinski definition) is 5. The van der Waals surface area contributed by atoms with Crippen molar-refractivity contribution >= 4 is 24.6 Å². The van der Waals surface area contributed by atoms with Crippen LogP contribution < -0.4 is 5.73 Å². The summed E-state index contributed by atoms with van der Waals surface area (Å²) in [6.45, 7) is 4.18. The first kappa shape index (κ1) is 13.5. The van der Waals surface area contributed by atoms with Gasteiger partial charge in [0.1, 0.15) is 0 Å². The van der Waals surface area contributed by atoms with Gasteiger partial charge in [-0.1, -0.05) is 6.07 Å². The average molecular weight is 261 g/mol. The molecule has 0 amide bonds. The van der Waals surface area contributed by atoms with Gasteiger partial charge in [-0.2, -0.15) is 0 Å². The summed E-state index contributed by atoms with van der Waals surface area (Å²) in [5.41, 5.74) is 6.26. The van der Waals surface area contributed by atoms with Gasteiger partial charge in [0, 0.05) is 0 Å². The molecule has 1 rings (SSSR count). The lowest BCUT2D eigenvalue weighted by atomic mass is 10.4. The third-order valence-electron chi connectivity index (χ3n) is 1.72. The second kappa shape index (κ2) is 6.21. The molecule has 0 aliphatic carbocycles. The molecule has 0 unspecified atom stereocenters. The highest BCUT2D eigenvalue weighted by molar-refractivity contribution is 7.57. The van der Waals surface area contributed by atoms with Crippen LogP contribution in [0.5, 0.6) is 0 Å². The first-order valence-corrected chi connectivity index (χ1v) is 7.51. The van der Waals surface area contributed by atoms with Gasteiger partial charge in [0.25, 0.3) is 0 Å². The van der Waals surface area contributed by atoms with Gasteiger partial charge >= 0.3 is 7.60 Å². The van der Waals surface area contributed by atoms with E-state index in [1.54, 1.807) is 13.8 Å². The van der Waals surface area contributed by atoms with Crippen LogP contribution in [0.4, 0.5) is 0 Å². The Morgan fingerprint density at radius 2 is 2.12 bits per heavy atom. The van der Waals surface area contributed by atoms with E-state index in [1.165, 1.54) is 17.2 Å². The minimum absolute atomic E-state index is 0.325. The molecule has 1 heterocycles. The van der Waals surface area contributed by atoms with Crippen LogP contribution in [0.2, 0.25) is 0 Å². The number of thiophene rings is 1. The Morgan fingerprint density at radius 1 is 1.50 bits per heavy atom. The van der Waals surface area contributed by atoms with Gasteiger partial charge in [0.2, 0.25) is 0 Å². The van der Waals surface area contributed by atoms with Crippen LogP contribution in [0.1, 0.15) is 18.7 Å². The molecule has 0 aliphatic heterocycles. The zero-order valence-corrected chi connectivity index (χ0v) is 11.1. The zero-order valence-electron chi connectivity index (χ0n) is 9.38. The molecule has 0 bridgehead atoms. The van der Waals surface area contributed by atoms with E-state index in [-0.39, 0.29) is 0 Å². The largest absolute Gasteiger partial charge is 0.397 e. The molecule has 2 N–H and O–H groups in total. The summed E-state index contributed by atoms with van der Waals surface area (Å²) in [6, 6.07) is 3.74. The van der Waals surface area contributed by atoms with Crippen molar-refractivity contribution in [2.45, 2.75) is 13.8 Å². The van der Waals surface area contributed by atoms with Crippen LogP contribution in [0.25, 0.3) is 5.70 Å². The molecule has 0 saturated carbocycles. The molecule has 0 spiro atoms. The van der Waals surface area contributed by atoms with Crippen molar-refractivity contribution in [1.82, 2.24) is 0 Å². The molecule has 0 saturated heterocycles. The van der Waals surface area contributed by atoms with E-state index >= 15 is 0 Å². The monoisotopic (exact) mass is 261 g/mol. The van der Waals surface area contributed by atoms with Crippen molar-refractivity contribution in [1.29, 1.82) is 0 Å². The van der Waals surface area contributed by atoms with Gasteiger partial charge in [-0.15, -0.1) is 11.3 Å². The van der Waals surface area contributed by atoms with Gasteiger partial charge in [-0.3, -0.25) is 4.57 Å². The lowest BCUT2D eigenvalue weighted by molar-refractivity contribution is 0.229. The quantitative estimate of drug-likeness (QED) is 0.798. The molecular weight excluding hydrogens is 245 g/mol. The van der Waals surface area contributed by atoms with Gasteiger partial charge < -0.3 is 14.8 Å². The third kappa shape index (κ3) is 3.76. The maximum atomic E-state index is 12.1. The number of nitrogens with two attached hydrogens (primary N) is 1. The third-order valence-corrected chi connectivity index (χ3v) is 4.47. The van der Waals surface area contributed by atoms with Crippen molar-refractivity contribution in [3.05, 3.63) is 28.2 Å². The van der Waals surface area contributed by atoms with Crippen molar-refractivity contribution in [2.24, 2.45) is 5.73 Å². The first-order chi connectivity index (χ1) is 7.61. The Bertz CT molecular complexity index is 379. The van der Waals surface area contributed by atoms with Crippen molar-refractivity contribution in [3.8, 4) is 0 Å². The van der Waals surface area contributed by atoms with E-state index in [0.29, 0.717) is 18.9 Å². The predicted molar refractivity (Wildman–Crippen MR) is 67.3 cm³/mol. The molecule has 4 nitrogen and oxygen atoms in total. The van der Waals surface area contributed by atoms with E-state index < -0.39 is 7.60 Å². The molecule has 0 atom stereocenters. The van der Waals surface area contributed by atoms with Crippen LogP contribution in [-0.2, 0) is 13.6 Å². The summed E-state index contributed by atoms with van der Waals surface area (Å²) < 4.78 is 22.4. The van der Waals surface area contributed by atoms with Crippen LogP contribution >= 0.6 is 18.9 Å². The minimum Gasteiger partial charge on any atom is -0.397 e. The first-order valence-electron chi connectivity index (χ1n) is 5.02. The summed E-state index contributed by atoms with van der Waals surface area (Å²) in [6.07, 6.45) is 0. The number of hydrogen-bond donors (Lipinski definition) is 1. The van der Waals surface area contributed by atoms with Crippen molar-refractivity contribution < 1.29 is 13.6 Å². The molecule has 0 fully saturated rings. The Morgan fingerprint density at radius 3 is 2.56 bits per heavy atom. The van der Waals surface area contributed by atoms with E-state index in [4.69, 9.17) is 14.8 Å². The minimum atomic E-state index is -3.20. The van der Waals surface area contributed by atoms with Crippen LogP contribution in [0, 0.1) is 0 Å². The fourth-order valence-electron chi connectivity index (χ4n) is 1.15. The van der Waals surface area contributed by atoms with Crippen molar-refractivity contribution in [2.75, 3.05) is 13.2 Å². The molecule has 16 heavy (non-hydrogen) atoms. The summed E-state index contributed by atoms with van der Waals surface area (Å²) in [4.78, 5) is 0.861. The zero-order chi connectivity index (χ0) is 12.0. The Labute approximate surface area is 99.6 Å². The highest BCUT2D eigenvalue weighted by atomic mass is 32.1. The van der Waals surface area contributed by atoms with Crippen LogP contribution in [0.3, 0.4) is 0 Å². The molecule has 0 aliphatic rings. The summed E-state index contributed by atoms with van der Waals surface area (Å²) >= 11 is 1.48. The number of rotatable bonds is 6. The molecule has 6 heteroatoms. The summed E-state index contributed by atoms with van der Waals surface area (Å²) in [5, 5.41) is 1.91. The highest BCUT2D eigenvalue weighted by Gasteiger charge is 2.21. The molecule has 0 aromatic carbocycles. The average Bonchev–Trinajstić information content (AvgIpc) is 2.70. The summed E-state index contributed by atoms with van der Waals surface area (Å²) in [5.74, 6) is 1.38. The standard InChI is InChI=1S/C10H16NO3PS/c1-3-13-15(12,14-4-2)8-9(11)10-6-5-7-16-10/h5-8H,3-4,11H2,1-2H3/b9-8-. The Hall–Kier alpha value is -0.610. The molecule has 1 aromatic heterocycles. The van der Waals surface area contributed by atoms with Gasteiger partial charge in [-0.25, -0.2) is 0 Å². The maximum absolute atomic E-state index is 12.1. The van der Waals surface area contributed by atoms with E-state index in [1.807, 2.05) is 17.5 Å². The molecule has 90 valence electrons. The van der Waals surface area contributed by atoms with Gasteiger partial charge in [0.15, 0.2) is 0 Å². The van der Waals surface area contributed by atoms with E-state index in [9.17, 15) is 4.57 Å². The summed E-state index contributed by atoms with van der Waals surface area (Å²) in [7, 11) is -3.20. The highest BCUT2D eigenvalue weighted by Crippen LogP contribution is 2.51. The van der Waals surface area contributed by atoms with Gasteiger partial charge in [0.05, 0.1) is 29.6 Å². The Kier molecular flexibility index (Phi) is 5.22. The second-order valence-corrected chi connectivity index (χ2v) is 5.74. The topological polar surface area (TPSA) is 61.5 Å². The van der Waals surface area contributed by atoms with Crippen LogP contribution in [0.15, 0.2) is 23.3 Å². The van der Waals surface area contributed by atoms with Gasteiger partial charge in [-0.05, 0) is 25.3 Å². The van der Waals surface area contributed by atoms with Crippen molar-refractivity contribution in [3.63, 3.8) is 0 Å². The van der Waals surface area contributed by atoms with E-state index in [2.05, 4.69) is 0 Å². The normalized spacial score (nSPS) is 13.0. The molecular formula is C10H16NO3PS. The lowest BCUT2D eigenvalue weighted by Gasteiger charge is -2.13. The fraction of sp³-hybridized carbons (Fsp3) is 0.400. The molecule has 1 aromatic rings. The molecule has 0 radical (unpaired) electrons. The SMILES string of the molecule is CCOP(=O)(/C=C(\N)c1cccs1)OCC. The maximum Gasteiger partial charge on any atom is 0.356 e. The van der Waals surface area contributed by atoms with E-state index in [0.717, 1.165) is 4.88 Å². The Balaban J connectivity index is 2.89. The lowest BCUT2D eigenvalue weighted by Crippen LogP contribution is -1.98.